The van der Waals surface area contributed by atoms with Crippen molar-refractivity contribution in [2.75, 3.05) is 25.9 Å². The molecule has 1 aromatic rings. The largest absolute Gasteiger partial charge is 0.492 e. The summed E-state index contributed by atoms with van der Waals surface area (Å²) in [6, 6.07) is 4.90. The maximum atomic E-state index is 10.7. The van der Waals surface area contributed by atoms with E-state index in [-0.39, 0.29) is 11.4 Å². The van der Waals surface area contributed by atoms with Crippen molar-refractivity contribution in [3.8, 4) is 5.75 Å². The van der Waals surface area contributed by atoms with Gasteiger partial charge in [-0.05, 0) is 32.5 Å². The number of nitrogen functional groups attached to an aromatic ring is 1. The second kappa shape index (κ2) is 5.88. The Kier molecular flexibility index (Phi) is 4.21. The summed E-state index contributed by atoms with van der Waals surface area (Å²) >= 11 is 0. The third kappa shape index (κ3) is 3.35. The van der Waals surface area contributed by atoms with Gasteiger partial charge >= 0.3 is 0 Å². The maximum absolute atomic E-state index is 10.7. The Hall–Kier alpha value is -1.82. The summed E-state index contributed by atoms with van der Waals surface area (Å²) in [6.07, 6.45) is 3.58. The summed E-state index contributed by atoms with van der Waals surface area (Å²) in [6.45, 7) is 1.68. The molecule has 19 heavy (non-hydrogen) atoms. The fourth-order valence-electron chi connectivity index (χ4n) is 2.34. The molecule has 0 aliphatic carbocycles. The van der Waals surface area contributed by atoms with Crippen LogP contribution in [0.25, 0.3) is 0 Å². The Morgan fingerprint density at radius 3 is 2.95 bits per heavy atom. The van der Waals surface area contributed by atoms with Crippen molar-refractivity contribution in [2.24, 2.45) is 0 Å². The molecular weight excluding hydrogens is 246 g/mol. The van der Waals surface area contributed by atoms with E-state index in [9.17, 15) is 10.1 Å². The smallest absolute Gasteiger partial charge is 0.292 e. The van der Waals surface area contributed by atoms with Crippen molar-refractivity contribution in [3.05, 3.63) is 28.3 Å². The molecule has 1 heterocycles. The van der Waals surface area contributed by atoms with Crippen LogP contribution in [0.5, 0.6) is 5.75 Å². The van der Waals surface area contributed by atoms with Crippen LogP contribution in [0.1, 0.15) is 19.3 Å². The average molecular weight is 265 g/mol. The lowest BCUT2D eigenvalue weighted by molar-refractivity contribution is -0.383. The highest BCUT2D eigenvalue weighted by atomic mass is 16.6. The van der Waals surface area contributed by atoms with E-state index < -0.39 is 4.92 Å². The van der Waals surface area contributed by atoms with Gasteiger partial charge in [0.25, 0.3) is 5.69 Å². The van der Waals surface area contributed by atoms with Gasteiger partial charge in [0.1, 0.15) is 18.0 Å². The molecule has 1 aliphatic rings. The lowest BCUT2D eigenvalue weighted by Gasteiger charge is -2.32. The number of nitro benzene ring substituents is 1. The molecule has 6 heteroatoms. The van der Waals surface area contributed by atoms with E-state index in [4.69, 9.17) is 10.5 Å². The monoisotopic (exact) mass is 265 g/mol. The number of ether oxygens (including phenoxy) is 1. The normalized spacial score (nSPS) is 20.2. The first-order valence-corrected chi connectivity index (χ1v) is 6.45. The topological polar surface area (TPSA) is 81.6 Å². The van der Waals surface area contributed by atoms with Crippen molar-refractivity contribution >= 4 is 11.4 Å². The molecule has 1 unspecified atom stereocenters. The molecule has 6 nitrogen and oxygen atoms in total. The highest BCUT2D eigenvalue weighted by molar-refractivity contribution is 5.60. The molecule has 1 aliphatic heterocycles. The molecule has 2 rings (SSSR count). The number of hydrogen-bond donors (Lipinski definition) is 1. The lowest BCUT2D eigenvalue weighted by atomic mass is 10.0. The third-order valence-corrected chi connectivity index (χ3v) is 3.56. The molecule has 0 amide bonds. The van der Waals surface area contributed by atoms with Gasteiger partial charge in [0, 0.05) is 18.2 Å². The zero-order chi connectivity index (χ0) is 13.8. The van der Waals surface area contributed by atoms with Gasteiger partial charge in [0.05, 0.1) is 4.92 Å². The van der Waals surface area contributed by atoms with Crippen LogP contribution >= 0.6 is 0 Å². The number of nitrogens with two attached hydrogens (primary N) is 1. The van der Waals surface area contributed by atoms with E-state index in [1.165, 1.54) is 25.0 Å². The maximum Gasteiger partial charge on any atom is 0.292 e. The minimum atomic E-state index is -0.492. The van der Waals surface area contributed by atoms with Gasteiger partial charge < -0.3 is 15.4 Å². The van der Waals surface area contributed by atoms with E-state index in [1.54, 1.807) is 6.07 Å². The summed E-state index contributed by atoms with van der Waals surface area (Å²) in [7, 11) is 2.09. The summed E-state index contributed by atoms with van der Waals surface area (Å²) < 4.78 is 5.69. The molecule has 104 valence electrons. The van der Waals surface area contributed by atoms with E-state index in [2.05, 4.69) is 11.9 Å². The number of piperidine rings is 1. The SMILES string of the molecule is CN1CCCCC1COc1ccc([N+](=O)[O-])c(N)c1. The van der Waals surface area contributed by atoms with Crippen molar-refractivity contribution in [3.63, 3.8) is 0 Å². The first kappa shape index (κ1) is 13.6. The number of likely N-dealkylation sites (N-methyl/N-ethyl adjacent to an activating group) is 1. The molecule has 0 radical (unpaired) electrons. The predicted molar refractivity (Wildman–Crippen MR) is 73.3 cm³/mol. The lowest BCUT2D eigenvalue weighted by Crippen LogP contribution is -2.40. The van der Waals surface area contributed by atoms with E-state index >= 15 is 0 Å². The van der Waals surface area contributed by atoms with Gasteiger partial charge in [0.15, 0.2) is 0 Å². The quantitative estimate of drug-likeness (QED) is 0.512. The van der Waals surface area contributed by atoms with Crippen LogP contribution in [-0.2, 0) is 0 Å². The van der Waals surface area contributed by atoms with E-state index in [0.29, 0.717) is 18.4 Å². The zero-order valence-corrected chi connectivity index (χ0v) is 11.0. The van der Waals surface area contributed by atoms with Crippen LogP contribution in [-0.4, -0.2) is 36.1 Å². The minimum Gasteiger partial charge on any atom is -0.492 e. The molecule has 0 saturated carbocycles. The molecule has 0 spiro atoms. The van der Waals surface area contributed by atoms with E-state index in [1.807, 2.05) is 0 Å². The molecule has 2 N–H and O–H groups in total. The van der Waals surface area contributed by atoms with Gasteiger partial charge in [-0.25, -0.2) is 0 Å². The summed E-state index contributed by atoms with van der Waals surface area (Å²) in [4.78, 5) is 12.5. The fourth-order valence-corrected chi connectivity index (χ4v) is 2.34. The van der Waals surface area contributed by atoms with Crippen LogP contribution in [0, 0.1) is 10.1 Å². The van der Waals surface area contributed by atoms with Crippen LogP contribution in [0.15, 0.2) is 18.2 Å². The van der Waals surface area contributed by atoms with Crippen molar-refractivity contribution < 1.29 is 9.66 Å². The molecule has 1 fully saturated rings. The van der Waals surface area contributed by atoms with Crippen molar-refractivity contribution in [1.29, 1.82) is 0 Å². The average Bonchev–Trinajstić information content (AvgIpc) is 2.37. The van der Waals surface area contributed by atoms with Crippen LogP contribution in [0.2, 0.25) is 0 Å². The third-order valence-electron chi connectivity index (χ3n) is 3.56. The molecule has 0 bridgehead atoms. The number of hydrogen-bond acceptors (Lipinski definition) is 5. The summed E-state index contributed by atoms with van der Waals surface area (Å²) in [5, 5.41) is 10.7. The summed E-state index contributed by atoms with van der Waals surface area (Å²) in [5.41, 5.74) is 5.68. The van der Waals surface area contributed by atoms with Gasteiger partial charge in [-0.3, -0.25) is 10.1 Å². The van der Waals surface area contributed by atoms with Gasteiger partial charge in [0.2, 0.25) is 0 Å². The second-order valence-electron chi connectivity index (χ2n) is 4.92. The Balaban J connectivity index is 1.96. The van der Waals surface area contributed by atoms with Gasteiger partial charge in [-0.15, -0.1) is 0 Å². The molecule has 1 atom stereocenters. The summed E-state index contributed by atoms with van der Waals surface area (Å²) in [5.74, 6) is 0.585. The Bertz CT molecular complexity index is 464. The van der Waals surface area contributed by atoms with E-state index in [0.717, 1.165) is 13.0 Å². The minimum absolute atomic E-state index is 0.0814. The molecule has 0 aromatic heterocycles. The molecule has 1 aromatic carbocycles. The molecular formula is C13H19N3O3. The van der Waals surface area contributed by atoms with Crippen LogP contribution in [0.3, 0.4) is 0 Å². The number of anilines is 1. The Morgan fingerprint density at radius 1 is 1.53 bits per heavy atom. The molecule has 1 saturated heterocycles. The number of nitrogens with zero attached hydrogens (tertiary/aromatic N) is 2. The van der Waals surface area contributed by atoms with Crippen LogP contribution < -0.4 is 10.5 Å². The van der Waals surface area contributed by atoms with Crippen molar-refractivity contribution in [2.45, 2.75) is 25.3 Å². The standard InChI is InChI=1S/C13H19N3O3/c1-15-7-3-2-4-10(15)9-19-11-5-6-13(16(17)18)12(14)8-11/h5-6,8,10H,2-4,7,9,14H2,1H3. The first-order chi connectivity index (χ1) is 9.08. The van der Waals surface area contributed by atoms with Gasteiger partial charge in [-0.2, -0.15) is 0 Å². The zero-order valence-electron chi connectivity index (χ0n) is 11.0. The second-order valence-corrected chi connectivity index (χ2v) is 4.92. The predicted octanol–water partition coefficient (Wildman–Crippen LogP) is 2.04. The number of likely N-dealkylation sites (tertiary alicyclic amines) is 1. The first-order valence-electron chi connectivity index (χ1n) is 6.45. The Morgan fingerprint density at radius 2 is 2.32 bits per heavy atom. The number of nitro groups is 1. The van der Waals surface area contributed by atoms with Crippen LogP contribution in [0.4, 0.5) is 11.4 Å². The number of rotatable bonds is 4. The number of benzene rings is 1. The Labute approximate surface area is 112 Å². The van der Waals surface area contributed by atoms with Crippen molar-refractivity contribution in [1.82, 2.24) is 4.90 Å². The highest BCUT2D eigenvalue weighted by Crippen LogP contribution is 2.26. The fraction of sp³-hybridized carbons (Fsp3) is 0.538. The highest BCUT2D eigenvalue weighted by Gasteiger charge is 2.19. The van der Waals surface area contributed by atoms with Gasteiger partial charge in [-0.1, -0.05) is 6.42 Å².